The van der Waals surface area contributed by atoms with Crippen molar-refractivity contribution in [1.82, 2.24) is 19.5 Å². The lowest BCUT2D eigenvalue weighted by Gasteiger charge is -2.34. The average Bonchev–Trinajstić information content (AvgIpc) is 2.69. The Balaban J connectivity index is 1.41. The van der Waals surface area contributed by atoms with Crippen LogP contribution in [0.5, 0.6) is 0 Å². The molecule has 0 bridgehead atoms. The molecule has 144 valence electrons. The van der Waals surface area contributed by atoms with Crippen molar-refractivity contribution in [3.05, 3.63) is 46.0 Å². The third kappa shape index (κ3) is 3.89. The Morgan fingerprint density at radius 3 is 2.63 bits per heavy atom. The molecule has 1 saturated heterocycles. The van der Waals surface area contributed by atoms with Crippen molar-refractivity contribution < 1.29 is 0 Å². The van der Waals surface area contributed by atoms with Gasteiger partial charge in [-0.1, -0.05) is 13.8 Å². The fraction of sp³-hybridized carbons (Fsp3) is 0.619. The molecule has 1 fully saturated rings. The first-order valence-electron chi connectivity index (χ1n) is 10.3. The normalized spacial score (nSPS) is 18.0. The predicted octanol–water partition coefficient (Wildman–Crippen LogP) is 2.95. The number of piperidine rings is 1. The van der Waals surface area contributed by atoms with E-state index in [1.165, 1.54) is 24.1 Å². The minimum absolute atomic E-state index is 0.0704. The van der Waals surface area contributed by atoms with Crippen LogP contribution in [0.4, 0.5) is 5.82 Å². The first-order chi connectivity index (χ1) is 13.1. The van der Waals surface area contributed by atoms with Crippen LogP contribution in [0.1, 0.15) is 62.4 Å². The molecule has 6 heteroatoms. The standard InChI is InChI=1S/C21H29N5O/c1-15(2)19-11-20(27)26(14-24-19)12-16-7-9-25(10-8-16)21-17-5-3-4-6-18(17)22-13-23-21/h11,13-16H,3-10,12H2,1-2H3. The molecule has 0 spiro atoms. The SMILES string of the molecule is CC(C)c1cc(=O)n(CC2CCN(c3ncnc4c3CCCC4)CC2)cn1. The summed E-state index contributed by atoms with van der Waals surface area (Å²) in [6.07, 6.45) is 10.3. The second-order valence-electron chi connectivity index (χ2n) is 8.22. The van der Waals surface area contributed by atoms with Gasteiger partial charge in [-0.15, -0.1) is 0 Å². The average molecular weight is 367 g/mol. The van der Waals surface area contributed by atoms with E-state index in [9.17, 15) is 4.79 Å². The van der Waals surface area contributed by atoms with Crippen molar-refractivity contribution in [2.24, 2.45) is 5.92 Å². The van der Waals surface area contributed by atoms with Crippen LogP contribution in [0.15, 0.2) is 23.5 Å². The summed E-state index contributed by atoms with van der Waals surface area (Å²) in [5.41, 5.74) is 3.56. The molecule has 1 aliphatic carbocycles. The first kappa shape index (κ1) is 18.1. The number of fused-ring (bicyclic) bond motifs is 1. The van der Waals surface area contributed by atoms with Gasteiger partial charge in [0.2, 0.25) is 0 Å². The number of rotatable bonds is 4. The van der Waals surface area contributed by atoms with Gasteiger partial charge in [-0.3, -0.25) is 9.36 Å². The molecule has 2 aromatic heterocycles. The van der Waals surface area contributed by atoms with E-state index >= 15 is 0 Å². The lowest BCUT2D eigenvalue weighted by Crippen LogP contribution is -2.37. The van der Waals surface area contributed by atoms with Gasteiger partial charge in [0.1, 0.15) is 12.1 Å². The highest BCUT2D eigenvalue weighted by Crippen LogP contribution is 2.30. The molecule has 1 aliphatic heterocycles. The summed E-state index contributed by atoms with van der Waals surface area (Å²) in [5, 5.41) is 0. The van der Waals surface area contributed by atoms with E-state index in [0.717, 1.165) is 56.8 Å². The van der Waals surface area contributed by atoms with Crippen LogP contribution < -0.4 is 10.5 Å². The molecule has 0 radical (unpaired) electrons. The largest absolute Gasteiger partial charge is 0.356 e. The van der Waals surface area contributed by atoms with Gasteiger partial charge in [0.05, 0.1) is 12.0 Å². The quantitative estimate of drug-likeness (QED) is 0.831. The minimum atomic E-state index is 0.0704. The second-order valence-corrected chi connectivity index (χ2v) is 8.22. The molecular formula is C21H29N5O. The van der Waals surface area contributed by atoms with Crippen LogP contribution >= 0.6 is 0 Å². The highest BCUT2D eigenvalue weighted by molar-refractivity contribution is 5.49. The summed E-state index contributed by atoms with van der Waals surface area (Å²) in [6, 6.07) is 1.69. The predicted molar refractivity (Wildman–Crippen MR) is 106 cm³/mol. The Morgan fingerprint density at radius 2 is 1.89 bits per heavy atom. The fourth-order valence-corrected chi connectivity index (χ4v) is 4.27. The number of nitrogens with zero attached hydrogens (tertiary/aromatic N) is 5. The van der Waals surface area contributed by atoms with Crippen molar-refractivity contribution in [3.63, 3.8) is 0 Å². The van der Waals surface area contributed by atoms with E-state index in [0.29, 0.717) is 5.92 Å². The van der Waals surface area contributed by atoms with Crippen molar-refractivity contribution in [2.45, 2.75) is 64.8 Å². The van der Waals surface area contributed by atoms with Gasteiger partial charge in [-0.2, -0.15) is 0 Å². The van der Waals surface area contributed by atoms with E-state index in [1.807, 2.05) is 0 Å². The second kappa shape index (κ2) is 7.79. The van der Waals surface area contributed by atoms with Crippen molar-refractivity contribution in [3.8, 4) is 0 Å². The van der Waals surface area contributed by atoms with Crippen LogP contribution in [0, 0.1) is 5.92 Å². The third-order valence-corrected chi connectivity index (χ3v) is 5.96. The summed E-state index contributed by atoms with van der Waals surface area (Å²) in [6.45, 7) is 6.89. The molecule has 2 aromatic rings. The fourth-order valence-electron chi connectivity index (χ4n) is 4.27. The zero-order chi connectivity index (χ0) is 18.8. The lowest BCUT2D eigenvalue weighted by molar-refractivity contribution is 0.349. The lowest BCUT2D eigenvalue weighted by atomic mass is 9.93. The van der Waals surface area contributed by atoms with Gasteiger partial charge in [0, 0.05) is 37.0 Å². The van der Waals surface area contributed by atoms with Gasteiger partial charge < -0.3 is 4.90 Å². The number of aromatic nitrogens is 4. The summed E-state index contributed by atoms with van der Waals surface area (Å²) >= 11 is 0. The highest BCUT2D eigenvalue weighted by Gasteiger charge is 2.25. The Labute approximate surface area is 160 Å². The molecule has 27 heavy (non-hydrogen) atoms. The summed E-state index contributed by atoms with van der Waals surface area (Å²) in [4.78, 5) is 28.3. The Hall–Kier alpha value is -2.24. The van der Waals surface area contributed by atoms with Crippen molar-refractivity contribution >= 4 is 5.82 Å². The molecule has 0 saturated carbocycles. The van der Waals surface area contributed by atoms with Gasteiger partial charge in [-0.25, -0.2) is 15.0 Å². The van der Waals surface area contributed by atoms with E-state index in [4.69, 9.17) is 0 Å². The van der Waals surface area contributed by atoms with E-state index in [-0.39, 0.29) is 11.5 Å². The minimum Gasteiger partial charge on any atom is -0.356 e. The van der Waals surface area contributed by atoms with Crippen LogP contribution in [0.2, 0.25) is 0 Å². The molecule has 0 aromatic carbocycles. The molecule has 0 unspecified atom stereocenters. The molecule has 4 rings (SSSR count). The van der Waals surface area contributed by atoms with Crippen LogP contribution in [-0.4, -0.2) is 32.6 Å². The summed E-state index contributed by atoms with van der Waals surface area (Å²) < 4.78 is 1.78. The monoisotopic (exact) mass is 367 g/mol. The third-order valence-electron chi connectivity index (χ3n) is 5.96. The molecule has 0 N–H and O–H groups in total. The Kier molecular flexibility index (Phi) is 5.23. The van der Waals surface area contributed by atoms with Crippen LogP contribution in [0.3, 0.4) is 0 Å². The smallest absolute Gasteiger partial charge is 0.253 e. The van der Waals surface area contributed by atoms with Gasteiger partial charge >= 0.3 is 0 Å². The van der Waals surface area contributed by atoms with Crippen molar-refractivity contribution in [2.75, 3.05) is 18.0 Å². The number of anilines is 1. The van der Waals surface area contributed by atoms with E-state index < -0.39 is 0 Å². The molecule has 0 atom stereocenters. The first-order valence-corrected chi connectivity index (χ1v) is 10.3. The molecule has 6 nitrogen and oxygen atoms in total. The number of aryl methyl sites for hydroxylation is 1. The Morgan fingerprint density at radius 1 is 1.11 bits per heavy atom. The Bertz CT molecular complexity index is 852. The maximum absolute atomic E-state index is 12.4. The van der Waals surface area contributed by atoms with Gasteiger partial charge in [0.25, 0.3) is 5.56 Å². The molecule has 0 amide bonds. The van der Waals surface area contributed by atoms with Crippen LogP contribution in [-0.2, 0) is 19.4 Å². The van der Waals surface area contributed by atoms with Crippen molar-refractivity contribution in [1.29, 1.82) is 0 Å². The molecule has 3 heterocycles. The van der Waals surface area contributed by atoms with Gasteiger partial charge in [0.15, 0.2) is 0 Å². The summed E-state index contributed by atoms with van der Waals surface area (Å²) in [7, 11) is 0. The summed E-state index contributed by atoms with van der Waals surface area (Å²) in [5.74, 6) is 1.95. The zero-order valence-corrected chi connectivity index (χ0v) is 16.4. The molecule has 2 aliphatic rings. The van der Waals surface area contributed by atoms with Gasteiger partial charge in [-0.05, 0) is 50.4 Å². The maximum atomic E-state index is 12.4. The topological polar surface area (TPSA) is 63.9 Å². The number of hydrogen-bond acceptors (Lipinski definition) is 5. The van der Waals surface area contributed by atoms with Crippen LogP contribution in [0.25, 0.3) is 0 Å². The highest BCUT2D eigenvalue weighted by atomic mass is 16.1. The number of hydrogen-bond donors (Lipinski definition) is 0. The van der Waals surface area contributed by atoms with E-state index in [1.54, 1.807) is 23.3 Å². The zero-order valence-electron chi connectivity index (χ0n) is 16.4. The van der Waals surface area contributed by atoms with E-state index in [2.05, 4.69) is 33.7 Å². The molecular weight excluding hydrogens is 338 g/mol. The maximum Gasteiger partial charge on any atom is 0.253 e.